The van der Waals surface area contributed by atoms with Gasteiger partial charge in [-0.05, 0) is 60.4 Å². The third-order valence-electron chi connectivity index (χ3n) is 7.37. The van der Waals surface area contributed by atoms with Gasteiger partial charge >= 0.3 is 0 Å². The molecule has 1 saturated heterocycles. The number of carbonyl (C=O) groups is 2. The maximum absolute atomic E-state index is 13.2. The van der Waals surface area contributed by atoms with E-state index in [1.165, 1.54) is 0 Å². The first-order chi connectivity index (χ1) is 19.5. The van der Waals surface area contributed by atoms with Crippen molar-refractivity contribution in [1.82, 2.24) is 25.3 Å². The number of rotatable bonds is 5. The molecule has 40 heavy (non-hydrogen) atoms. The number of nitrogens with zero attached hydrogens (tertiary/aromatic N) is 4. The molecule has 0 unspecified atom stereocenters. The lowest BCUT2D eigenvalue weighted by molar-refractivity contribution is -0.130. The van der Waals surface area contributed by atoms with Crippen molar-refractivity contribution in [2.24, 2.45) is 0 Å². The van der Waals surface area contributed by atoms with Crippen molar-refractivity contribution < 1.29 is 24.0 Å². The molecule has 0 radical (unpaired) electrons. The topological polar surface area (TPSA) is 131 Å². The zero-order valence-electron chi connectivity index (χ0n) is 21.8. The van der Waals surface area contributed by atoms with Crippen LogP contribution in [0.3, 0.4) is 0 Å². The van der Waals surface area contributed by atoms with Gasteiger partial charge in [0.05, 0.1) is 6.04 Å². The third kappa shape index (κ3) is 5.66. The molecule has 6 rings (SSSR count). The van der Waals surface area contributed by atoms with Gasteiger partial charge in [0.2, 0.25) is 23.5 Å². The molecule has 4 aromatic rings. The van der Waals surface area contributed by atoms with E-state index < -0.39 is 0 Å². The van der Waals surface area contributed by atoms with Gasteiger partial charge in [0.15, 0.2) is 11.5 Å². The van der Waals surface area contributed by atoms with Crippen LogP contribution in [0.25, 0.3) is 11.4 Å². The van der Waals surface area contributed by atoms with E-state index in [1.54, 1.807) is 30.6 Å². The minimum atomic E-state index is -0.220. The number of ether oxygens (including phenoxy) is 1. The standard InChI is InChI=1S/C30H29N5O5/c36-25-11-9-19-10-12-27(37)32-24-18-35(17-23(24)20-4-1-6-22(15-20)39-26(25)14-19)29(38)8-2-7-28-33-30(34-40-28)21-5-3-13-31-16-21/h1,3-6,9,11,13-16,23-24,36H,2,7-8,10,12,17-18H2,(H,32,37)/t23-,24+/m0/s1. The molecule has 204 valence electrons. The SMILES string of the molecule is O=C1CCc2ccc(O)c(c2)Oc2cccc(c2)[C@@H]2CN(C(=O)CCCc3nc(-c4cccnc4)no3)C[C@H]2N1. The van der Waals surface area contributed by atoms with Gasteiger partial charge in [-0.25, -0.2) is 0 Å². The summed E-state index contributed by atoms with van der Waals surface area (Å²) in [6.07, 6.45) is 5.55. The maximum Gasteiger partial charge on any atom is 0.226 e. The Labute approximate surface area is 231 Å². The molecule has 4 heterocycles. The number of fused-ring (bicyclic) bond motifs is 6. The van der Waals surface area contributed by atoms with Crippen LogP contribution in [0.5, 0.6) is 17.2 Å². The number of hydrogen-bond acceptors (Lipinski definition) is 8. The van der Waals surface area contributed by atoms with Crippen LogP contribution in [0.15, 0.2) is 71.5 Å². The van der Waals surface area contributed by atoms with Crippen LogP contribution >= 0.6 is 0 Å². The van der Waals surface area contributed by atoms with Crippen molar-refractivity contribution >= 4 is 11.8 Å². The molecule has 2 N–H and O–H groups in total. The highest BCUT2D eigenvalue weighted by atomic mass is 16.5. The predicted molar refractivity (Wildman–Crippen MR) is 145 cm³/mol. The monoisotopic (exact) mass is 539 g/mol. The summed E-state index contributed by atoms with van der Waals surface area (Å²) in [5.74, 6) is 1.78. The Morgan fingerprint density at radius 3 is 2.90 bits per heavy atom. The summed E-state index contributed by atoms with van der Waals surface area (Å²) in [6.45, 7) is 0.915. The number of nitrogens with one attached hydrogen (secondary N) is 1. The van der Waals surface area contributed by atoms with Crippen molar-refractivity contribution in [3.8, 4) is 28.6 Å². The molecule has 4 bridgehead atoms. The molecule has 2 amide bonds. The molecule has 2 aromatic heterocycles. The highest BCUT2D eigenvalue weighted by molar-refractivity contribution is 5.79. The molecule has 2 aliphatic heterocycles. The van der Waals surface area contributed by atoms with E-state index in [1.807, 2.05) is 41.3 Å². The Balaban J connectivity index is 1.13. The van der Waals surface area contributed by atoms with Gasteiger partial charge in [-0.2, -0.15) is 4.98 Å². The summed E-state index contributed by atoms with van der Waals surface area (Å²) in [5, 5.41) is 17.5. The number of aryl methyl sites for hydroxylation is 2. The summed E-state index contributed by atoms with van der Waals surface area (Å²) in [7, 11) is 0. The highest BCUT2D eigenvalue weighted by Gasteiger charge is 2.37. The molecule has 2 aliphatic rings. The van der Waals surface area contributed by atoms with Gasteiger partial charge < -0.3 is 24.6 Å². The number of benzene rings is 2. The van der Waals surface area contributed by atoms with Crippen LogP contribution in [0.1, 0.15) is 42.2 Å². The normalized spacial score (nSPS) is 18.5. The fraction of sp³-hybridized carbons (Fsp3) is 0.300. The molecule has 2 aromatic carbocycles. The molecular weight excluding hydrogens is 510 g/mol. The smallest absolute Gasteiger partial charge is 0.226 e. The van der Waals surface area contributed by atoms with Crippen molar-refractivity contribution in [3.05, 3.63) is 84.0 Å². The van der Waals surface area contributed by atoms with Gasteiger partial charge in [0, 0.05) is 56.2 Å². The molecule has 1 fully saturated rings. The number of aromatic hydroxyl groups is 1. The van der Waals surface area contributed by atoms with Gasteiger partial charge in [-0.3, -0.25) is 14.6 Å². The van der Waals surface area contributed by atoms with Crippen LogP contribution in [-0.4, -0.2) is 56.1 Å². The van der Waals surface area contributed by atoms with Crippen LogP contribution in [0.2, 0.25) is 0 Å². The zero-order chi connectivity index (χ0) is 27.5. The van der Waals surface area contributed by atoms with Crippen molar-refractivity contribution in [2.45, 2.75) is 44.1 Å². The van der Waals surface area contributed by atoms with Crippen LogP contribution in [-0.2, 0) is 22.4 Å². The first kappa shape index (κ1) is 25.5. The quantitative estimate of drug-likeness (QED) is 0.389. The number of phenols is 1. The number of hydrogen-bond donors (Lipinski definition) is 2. The molecule has 0 spiro atoms. The largest absolute Gasteiger partial charge is 0.504 e. The summed E-state index contributed by atoms with van der Waals surface area (Å²) in [4.78, 5) is 36.4. The Bertz CT molecular complexity index is 1520. The van der Waals surface area contributed by atoms with Crippen LogP contribution in [0.4, 0.5) is 0 Å². The molecule has 10 nitrogen and oxygen atoms in total. The summed E-state index contributed by atoms with van der Waals surface area (Å²) >= 11 is 0. The van der Waals surface area contributed by atoms with Gasteiger partial charge in [-0.15, -0.1) is 0 Å². The van der Waals surface area contributed by atoms with Gasteiger partial charge in [-0.1, -0.05) is 23.4 Å². The Morgan fingerprint density at radius 1 is 1.10 bits per heavy atom. The number of phenolic OH excluding ortho intramolecular Hbond substituents is 1. The summed E-state index contributed by atoms with van der Waals surface area (Å²) in [6, 6.07) is 16.2. The molecular formula is C30H29N5O5. The second-order valence-electron chi connectivity index (χ2n) is 10.2. The average molecular weight is 540 g/mol. The van der Waals surface area contributed by atoms with Crippen molar-refractivity contribution in [1.29, 1.82) is 0 Å². The number of carbonyl (C=O) groups excluding carboxylic acids is 2. The second kappa shape index (κ2) is 11.2. The number of likely N-dealkylation sites (tertiary alicyclic amines) is 1. The Morgan fingerprint density at radius 2 is 2.02 bits per heavy atom. The lowest BCUT2D eigenvalue weighted by atomic mass is 9.94. The van der Waals surface area contributed by atoms with Crippen molar-refractivity contribution in [2.75, 3.05) is 13.1 Å². The van der Waals surface area contributed by atoms with E-state index in [4.69, 9.17) is 9.26 Å². The van der Waals surface area contributed by atoms with E-state index in [9.17, 15) is 14.7 Å². The van der Waals surface area contributed by atoms with E-state index in [-0.39, 0.29) is 29.5 Å². The molecule has 10 heteroatoms. The predicted octanol–water partition coefficient (Wildman–Crippen LogP) is 4.01. The maximum atomic E-state index is 13.2. The highest BCUT2D eigenvalue weighted by Crippen LogP contribution is 2.35. The number of aromatic nitrogens is 3. The van der Waals surface area contributed by atoms with E-state index in [2.05, 4.69) is 20.4 Å². The molecule has 0 saturated carbocycles. The minimum absolute atomic E-state index is 0.0159. The zero-order valence-corrected chi connectivity index (χ0v) is 21.8. The van der Waals surface area contributed by atoms with E-state index >= 15 is 0 Å². The van der Waals surface area contributed by atoms with Crippen molar-refractivity contribution in [3.63, 3.8) is 0 Å². The second-order valence-corrected chi connectivity index (χ2v) is 10.2. The molecule has 0 aliphatic carbocycles. The lowest BCUT2D eigenvalue weighted by Gasteiger charge is -2.20. The van der Waals surface area contributed by atoms with Crippen LogP contribution in [0, 0.1) is 0 Å². The van der Waals surface area contributed by atoms with Crippen LogP contribution < -0.4 is 10.1 Å². The fourth-order valence-electron chi connectivity index (χ4n) is 5.28. The summed E-state index contributed by atoms with van der Waals surface area (Å²) in [5.41, 5.74) is 2.63. The van der Waals surface area contributed by atoms with Gasteiger partial charge in [0.25, 0.3) is 0 Å². The first-order valence-electron chi connectivity index (χ1n) is 13.4. The van der Waals surface area contributed by atoms with Gasteiger partial charge in [0.1, 0.15) is 5.75 Å². The minimum Gasteiger partial charge on any atom is -0.504 e. The lowest BCUT2D eigenvalue weighted by Crippen LogP contribution is -2.40. The Kier molecular flexibility index (Phi) is 7.13. The van der Waals surface area contributed by atoms with E-state index in [0.29, 0.717) is 68.4 Å². The average Bonchev–Trinajstić information content (AvgIpc) is 3.61. The number of pyridine rings is 1. The molecule has 2 atom stereocenters. The first-order valence-corrected chi connectivity index (χ1v) is 13.4. The summed E-state index contributed by atoms with van der Waals surface area (Å²) < 4.78 is 11.4. The third-order valence-corrected chi connectivity index (χ3v) is 7.37. The number of amides is 2. The van der Waals surface area contributed by atoms with E-state index in [0.717, 1.165) is 16.7 Å². The fourth-order valence-corrected chi connectivity index (χ4v) is 5.28. The Hall–Kier alpha value is -4.73.